The van der Waals surface area contributed by atoms with Gasteiger partial charge in [0, 0.05) is 44.7 Å². The first-order valence-corrected chi connectivity index (χ1v) is 9.42. The first-order chi connectivity index (χ1) is 12.0. The second-order valence-corrected chi connectivity index (χ2v) is 7.61. The van der Waals surface area contributed by atoms with Crippen molar-refractivity contribution in [1.29, 1.82) is 0 Å². The number of rotatable bonds is 4. The second kappa shape index (κ2) is 8.09. The van der Waals surface area contributed by atoms with Crippen molar-refractivity contribution in [2.75, 3.05) is 32.7 Å². The molecule has 0 unspecified atom stereocenters. The fourth-order valence-corrected chi connectivity index (χ4v) is 3.85. The van der Waals surface area contributed by atoms with Gasteiger partial charge in [-0.1, -0.05) is 29.8 Å². The van der Waals surface area contributed by atoms with Gasteiger partial charge in [-0.3, -0.25) is 4.79 Å². The Morgan fingerprint density at radius 3 is 2.44 bits per heavy atom. The van der Waals surface area contributed by atoms with E-state index in [4.69, 9.17) is 11.6 Å². The number of benzene rings is 1. The Bertz CT molecular complexity index is 623. The number of halogens is 1. The van der Waals surface area contributed by atoms with Gasteiger partial charge < -0.3 is 15.1 Å². The molecule has 6 heteroatoms. The van der Waals surface area contributed by atoms with Gasteiger partial charge in [0.25, 0.3) is 0 Å². The van der Waals surface area contributed by atoms with Crippen LogP contribution in [0.15, 0.2) is 24.3 Å². The summed E-state index contributed by atoms with van der Waals surface area (Å²) in [6, 6.07) is 7.94. The minimum Gasteiger partial charge on any atom is -0.343 e. The molecule has 3 amide bonds. The number of carbonyl (C=O) groups is 2. The zero-order valence-corrected chi connectivity index (χ0v) is 15.5. The number of piperidine rings is 1. The monoisotopic (exact) mass is 363 g/mol. The van der Waals surface area contributed by atoms with Gasteiger partial charge >= 0.3 is 6.03 Å². The van der Waals surface area contributed by atoms with Crippen molar-refractivity contribution in [3.63, 3.8) is 0 Å². The van der Waals surface area contributed by atoms with E-state index in [2.05, 4.69) is 11.4 Å². The topological polar surface area (TPSA) is 52.7 Å². The van der Waals surface area contributed by atoms with Crippen molar-refractivity contribution in [2.24, 2.45) is 11.8 Å². The highest BCUT2D eigenvalue weighted by Crippen LogP contribution is 2.25. The maximum Gasteiger partial charge on any atom is 0.317 e. The lowest BCUT2D eigenvalue weighted by atomic mass is 9.92. The Labute approximate surface area is 154 Å². The van der Waals surface area contributed by atoms with Crippen LogP contribution in [0.2, 0.25) is 5.02 Å². The predicted octanol–water partition coefficient (Wildman–Crippen LogP) is 2.78. The fraction of sp³-hybridized carbons (Fsp3) is 0.579. The van der Waals surface area contributed by atoms with Gasteiger partial charge in [-0.25, -0.2) is 4.79 Å². The zero-order valence-electron chi connectivity index (χ0n) is 14.7. The third kappa shape index (κ3) is 4.66. The predicted molar refractivity (Wildman–Crippen MR) is 98.6 cm³/mol. The van der Waals surface area contributed by atoms with Crippen LogP contribution in [0.3, 0.4) is 0 Å². The number of likely N-dealkylation sites (tertiary alicyclic amines) is 2. The largest absolute Gasteiger partial charge is 0.343 e. The number of hydrogen-bond donors (Lipinski definition) is 1. The molecule has 0 saturated carbocycles. The summed E-state index contributed by atoms with van der Waals surface area (Å²) < 4.78 is 0. The minimum atomic E-state index is 0.0319. The Morgan fingerprint density at radius 1 is 1.12 bits per heavy atom. The summed E-state index contributed by atoms with van der Waals surface area (Å²) in [5.41, 5.74) is 1.16. The molecule has 2 aliphatic rings. The van der Waals surface area contributed by atoms with Gasteiger partial charge in [0.15, 0.2) is 0 Å². The van der Waals surface area contributed by atoms with E-state index < -0.39 is 0 Å². The van der Waals surface area contributed by atoms with Crippen LogP contribution in [0.5, 0.6) is 0 Å². The summed E-state index contributed by atoms with van der Waals surface area (Å²) in [7, 11) is 0. The molecule has 0 atom stereocenters. The van der Waals surface area contributed by atoms with Gasteiger partial charge in [-0.15, -0.1) is 0 Å². The van der Waals surface area contributed by atoms with E-state index in [1.54, 1.807) is 6.92 Å². The summed E-state index contributed by atoms with van der Waals surface area (Å²) >= 11 is 6.20. The van der Waals surface area contributed by atoms with Crippen molar-refractivity contribution in [2.45, 2.75) is 26.2 Å². The molecular formula is C19H26ClN3O2. The second-order valence-electron chi connectivity index (χ2n) is 7.20. The number of carbonyl (C=O) groups excluding carboxylic acids is 2. The molecule has 2 heterocycles. The van der Waals surface area contributed by atoms with Gasteiger partial charge in [0.2, 0.25) is 5.91 Å². The van der Waals surface area contributed by atoms with Gasteiger partial charge in [0.05, 0.1) is 0 Å². The van der Waals surface area contributed by atoms with E-state index in [0.29, 0.717) is 18.4 Å². The van der Waals surface area contributed by atoms with E-state index >= 15 is 0 Å². The highest BCUT2D eigenvalue weighted by Gasteiger charge is 2.31. The molecule has 1 aromatic carbocycles. The van der Waals surface area contributed by atoms with Crippen LogP contribution >= 0.6 is 11.6 Å². The maximum atomic E-state index is 12.2. The Balaban J connectivity index is 1.34. The molecule has 2 saturated heterocycles. The molecule has 0 aromatic heterocycles. The van der Waals surface area contributed by atoms with Crippen LogP contribution in [0, 0.1) is 11.8 Å². The molecule has 0 radical (unpaired) electrons. The van der Waals surface area contributed by atoms with Crippen LogP contribution in [0.1, 0.15) is 25.3 Å². The average Bonchev–Trinajstić information content (AvgIpc) is 2.57. The molecule has 2 aliphatic heterocycles. The number of amides is 3. The third-order valence-corrected chi connectivity index (χ3v) is 5.68. The standard InChI is InChI=1S/C19H26ClN3O2/c1-14(24)22-8-6-15(7-9-22)11-21-19(25)23-12-16(13-23)10-17-4-2-3-5-18(17)20/h2-5,15-16H,6-13H2,1H3,(H,21,25). The lowest BCUT2D eigenvalue weighted by Crippen LogP contribution is -2.55. The smallest absolute Gasteiger partial charge is 0.317 e. The van der Waals surface area contributed by atoms with Crippen LogP contribution in [0.4, 0.5) is 4.79 Å². The van der Waals surface area contributed by atoms with E-state index in [0.717, 1.165) is 56.0 Å². The SMILES string of the molecule is CC(=O)N1CCC(CNC(=O)N2CC(Cc3ccccc3Cl)C2)CC1. The average molecular weight is 364 g/mol. The zero-order chi connectivity index (χ0) is 17.8. The molecule has 136 valence electrons. The Hall–Kier alpha value is -1.75. The Morgan fingerprint density at radius 2 is 1.80 bits per heavy atom. The van der Waals surface area contributed by atoms with Crippen LogP contribution in [0.25, 0.3) is 0 Å². The number of hydrogen-bond acceptors (Lipinski definition) is 2. The van der Waals surface area contributed by atoms with E-state index in [1.807, 2.05) is 28.0 Å². The molecule has 1 N–H and O–H groups in total. The number of nitrogens with zero attached hydrogens (tertiary/aromatic N) is 2. The quantitative estimate of drug-likeness (QED) is 0.894. The molecule has 3 rings (SSSR count). The Kier molecular flexibility index (Phi) is 5.84. The van der Waals surface area contributed by atoms with E-state index in [9.17, 15) is 9.59 Å². The summed E-state index contributed by atoms with van der Waals surface area (Å²) in [5, 5.41) is 3.86. The molecule has 0 bridgehead atoms. The highest BCUT2D eigenvalue weighted by atomic mass is 35.5. The molecule has 0 aliphatic carbocycles. The normalized spacial score (nSPS) is 18.8. The summed E-state index contributed by atoms with van der Waals surface area (Å²) in [5.74, 6) is 1.11. The molecule has 1 aromatic rings. The molecule has 25 heavy (non-hydrogen) atoms. The molecular weight excluding hydrogens is 338 g/mol. The molecule has 5 nitrogen and oxygen atoms in total. The lowest BCUT2D eigenvalue weighted by Gasteiger charge is -2.40. The van der Waals surface area contributed by atoms with Crippen LogP contribution < -0.4 is 5.32 Å². The fourth-order valence-electron chi connectivity index (χ4n) is 3.64. The molecule has 2 fully saturated rings. The summed E-state index contributed by atoms with van der Waals surface area (Å²) in [4.78, 5) is 27.3. The van der Waals surface area contributed by atoms with Crippen molar-refractivity contribution in [3.8, 4) is 0 Å². The number of nitrogens with one attached hydrogen (secondary N) is 1. The van der Waals surface area contributed by atoms with Crippen molar-refractivity contribution in [3.05, 3.63) is 34.9 Å². The minimum absolute atomic E-state index is 0.0319. The van der Waals surface area contributed by atoms with Crippen LogP contribution in [-0.2, 0) is 11.2 Å². The molecule has 0 spiro atoms. The first kappa shape index (κ1) is 18.1. The summed E-state index contributed by atoms with van der Waals surface area (Å²) in [6.45, 7) is 5.51. The van der Waals surface area contributed by atoms with E-state index in [-0.39, 0.29) is 11.9 Å². The van der Waals surface area contributed by atoms with Crippen molar-refractivity contribution < 1.29 is 9.59 Å². The van der Waals surface area contributed by atoms with Gasteiger partial charge in [0.1, 0.15) is 0 Å². The van der Waals surface area contributed by atoms with Gasteiger partial charge in [-0.05, 0) is 42.7 Å². The van der Waals surface area contributed by atoms with Crippen LogP contribution in [-0.4, -0.2) is 54.5 Å². The highest BCUT2D eigenvalue weighted by molar-refractivity contribution is 6.31. The van der Waals surface area contributed by atoms with Crippen molar-refractivity contribution >= 4 is 23.5 Å². The van der Waals surface area contributed by atoms with E-state index in [1.165, 1.54) is 0 Å². The third-order valence-electron chi connectivity index (χ3n) is 5.31. The first-order valence-electron chi connectivity index (χ1n) is 9.04. The lowest BCUT2D eigenvalue weighted by molar-refractivity contribution is -0.130. The number of urea groups is 1. The van der Waals surface area contributed by atoms with Crippen molar-refractivity contribution in [1.82, 2.24) is 15.1 Å². The maximum absolute atomic E-state index is 12.2. The summed E-state index contributed by atoms with van der Waals surface area (Å²) in [6.07, 6.45) is 2.86. The van der Waals surface area contributed by atoms with Gasteiger partial charge in [-0.2, -0.15) is 0 Å².